The van der Waals surface area contributed by atoms with E-state index in [9.17, 15) is 5.11 Å². The summed E-state index contributed by atoms with van der Waals surface area (Å²) in [7, 11) is 1.75. The van der Waals surface area contributed by atoms with Gasteiger partial charge in [-0.15, -0.1) is 0 Å². The molecule has 5 nitrogen and oxygen atoms in total. The van der Waals surface area contributed by atoms with Gasteiger partial charge in [0.25, 0.3) is 0 Å². The van der Waals surface area contributed by atoms with Crippen molar-refractivity contribution in [1.29, 1.82) is 0 Å². The normalized spacial score (nSPS) is 20.4. The molecule has 2 unspecified atom stereocenters. The van der Waals surface area contributed by atoms with Crippen LogP contribution in [0.3, 0.4) is 0 Å². The molecule has 0 aromatic rings. The lowest BCUT2D eigenvalue weighted by Crippen LogP contribution is -2.39. The minimum atomic E-state index is -0.941. The summed E-state index contributed by atoms with van der Waals surface area (Å²) in [5, 5.41) is 13.0. The molecule has 0 aromatic heterocycles. The number of rotatable bonds is 11. The molecule has 3 atom stereocenters. The average molecular weight is 311 g/mol. The Hall–Kier alpha value is -0.720. The van der Waals surface area contributed by atoms with E-state index >= 15 is 0 Å². The summed E-state index contributed by atoms with van der Waals surface area (Å²) in [5.41, 5.74) is 6.31. The van der Waals surface area contributed by atoms with Crippen molar-refractivity contribution in [2.45, 2.75) is 51.0 Å². The topological polar surface area (TPSA) is 70.8 Å². The van der Waals surface area contributed by atoms with E-state index < -0.39 is 6.23 Å². The zero-order valence-corrected chi connectivity index (χ0v) is 14.1. The Kier molecular flexibility index (Phi) is 9.59. The number of hydrogen-bond donors (Lipinski definition) is 3. The van der Waals surface area contributed by atoms with Crippen molar-refractivity contribution in [2.75, 3.05) is 33.3 Å². The highest BCUT2D eigenvalue weighted by Gasteiger charge is 2.25. The highest BCUT2D eigenvalue weighted by Crippen LogP contribution is 2.20. The summed E-state index contributed by atoms with van der Waals surface area (Å²) in [4.78, 5) is 2.37. The molecule has 0 spiro atoms. The zero-order valence-electron chi connectivity index (χ0n) is 14.1. The van der Waals surface area contributed by atoms with Crippen molar-refractivity contribution in [3.63, 3.8) is 0 Å². The number of nitrogens with two attached hydrogens (primary N) is 1. The van der Waals surface area contributed by atoms with Gasteiger partial charge in [-0.1, -0.05) is 25.7 Å². The second-order valence-electron chi connectivity index (χ2n) is 5.91. The van der Waals surface area contributed by atoms with Gasteiger partial charge in [0.1, 0.15) is 6.23 Å². The molecule has 128 valence electrons. The zero-order chi connectivity index (χ0) is 16.4. The molecule has 4 N–H and O–H groups in total. The van der Waals surface area contributed by atoms with Crippen LogP contribution in [0.5, 0.6) is 0 Å². The summed E-state index contributed by atoms with van der Waals surface area (Å²) in [6.07, 6.45) is 7.89. The molecule has 1 fully saturated rings. The van der Waals surface area contributed by atoms with Gasteiger partial charge < -0.3 is 20.9 Å². The van der Waals surface area contributed by atoms with E-state index in [1.54, 1.807) is 7.11 Å². The van der Waals surface area contributed by atoms with Gasteiger partial charge in [0, 0.05) is 26.2 Å². The van der Waals surface area contributed by atoms with Gasteiger partial charge in [-0.3, -0.25) is 4.90 Å². The fraction of sp³-hybridized carbons (Fsp3) is 0.765. The maximum atomic E-state index is 9.61. The fourth-order valence-electron chi connectivity index (χ4n) is 2.82. The lowest BCUT2D eigenvalue weighted by Gasteiger charge is -2.29. The SMILES string of the molecule is C=C(C(C/C=C/CNCC(CC)OC)N1CCCC1)[C@H](N)O. The van der Waals surface area contributed by atoms with E-state index in [4.69, 9.17) is 10.5 Å². The minimum absolute atomic E-state index is 0.140. The van der Waals surface area contributed by atoms with Gasteiger partial charge in [0.05, 0.1) is 6.10 Å². The second-order valence-corrected chi connectivity index (χ2v) is 5.91. The molecule has 5 heteroatoms. The van der Waals surface area contributed by atoms with Crippen molar-refractivity contribution in [3.05, 3.63) is 24.3 Å². The molecule has 1 aliphatic rings. The van der Waals surface area contributed by atoms with Crippen LogP contribution in [0.2, 0.25) is 0 Å². The van der Waals surface area contributed by atoms with Crippen LogP contribution in [0, 0.1) is 0 Å². The molecular weight excluding hydrogens is 278 g/mol. The molecule has 0 radical (unpaired) electrons. The first-order valence-electron chi connectivity index (χ1n) is 8.35. The average Bonchev–Trinajstić information content (AvgIpc) is 3.03. The molecule has 1 rings (SSSR count). The number of aliphatic hydroxyl groups is 1. The predicted molar refractivity (Wildman–Crippen MR) is 91.6 cm³/mol. The van der Waals surface area contributed by atoms with Gasteiger partial charge in [0.15, 0.2) is 0 Å². The van der Waals surface area contributed by atoms with Gasteiger partial charge in [-0.2, -0.15) is 0 Å². The standard InChI is InChI=1S/C17H33N3O2/c1-4-15(22-3)13-19-10-6-5-9-16(14(2)17(18)21)20-11-7-8-12-20/h5-6,15-17,19,21H,2,4,7-13,18H2,1,3H3/b6-5+/t15?,16?,17-/m1/s1. The first-order chi connectivity index (χ1) is 10.6. The van der Waals surface area contributed by atoms with Crippen LogP contribution in [0.15, 0.2) is 24.3 Å². The van der Waals surface area contributed by atoms with Gasteiger partial charge in [-0.05, 0) is 44.3 Å². The summed E-state index contributed by atoms with van der Waals surface area (Å²) in [6, 6.07) is 0.140. The summed E-state index contributed by atoms with van der Waals surface area (Å²) >= 11 is 0. The molecule has 22 heavy (non-hydrogen) atoms. The van der Waals surface area contributed by atoms with Gasteiger partial charge in [-0.25, -0.2) is 0 Å². The molecule has 1 saturated heterocycles. The molecule has 0 saturated carbocycles. The van der Waals surface area contributed by atoms with E-state index in [-0.39, 0.29) is 12.1 Å². The number of nitrogens with one attached hydrogen (secondary N) is 1. The third kappa shape index (κ3) is 6.58. The van der Waals surface area contributed by atoms with Crippen molar-refractivity contribution in [3.8, 4) is 0 Å². The van der Waals surface area contributed by atoms with Crippen molar-refractivity contribution in [2.24, 2.45) is 5.73 Å². The Balaban J connectivity index is 2.36. The second kappa shape index (κ2) is 10.9. The number of likely N-dealkylation sites (tertiary alicyclic amines) is 1. The largest absolute Gasteiger partial charge is 0.380 e. The molecule has 1 heterocycles. The lowest BCUT2D eigenvalue weighted by molar-refractivity contribution is 0.0995. The fourth-order valence-corrected chi connectivity index (χ4v) is 2.82. The smallest absolute Gasteiger partial charge is 0.125 e. The number of nitrogens with zero attached hydrogens (tertiary/aromatic N) is 1. The van der Waals surface area contributed by atoms with Crippen LogP contribution >= 0.6 is 0 Å². The third-order valence-corrected chi connectivity index (χ3v) is 4.34. The van der Waals surface area contributed by atoms with Crippen LogP contribution in [-0.4, -0.2) is 61.7 Å². The first kappa shape index (κ1) is 19.3. The molecule has 0 amide bonds. The Morgan fingerprint density at radius 3 is 2.64 bits per heavy atom. The maximum Gasteiger partial charge on any atom is 0.125 e. The van der Waals surface area contributed by atoms with E-state index in [2.05, 4.69) is 35.9 Å². The highest BCUT2D eigenvalue weighted by molar-refractivity contribution is 5.13. The van der Waals surface area contributed by atoms with Crippen LogP contribution in [0.1, 0.15) is 32.6 Å². The summed E-state index contributed by atoms with van der Waals surface area (Å²) < 4.78 is 5.32. The lowest BCUT2D eigenvalue weighted by atomic mass is 10.0. The quantitative estimate of drug-likeness (QED) is 0.304. The Labute approximate surface area is 135 Å². The van der Waals surface area contributed by atoms with Gasteiger partial charge in [0.2, 0.25) is 0 Å². The first-order valence-corrected chi connectivity index (χ1v) is 8.35. The number of methoxy groups -OCH3 is 1. The maximum absolute atomic E-state index is 9.61. The summed E-state index contributed by atoms with van der Waals surface area (Å²) in [5.74, 6) is 0. The Morgan fingerprint density at radius 1 is 1.41 bits per heavy atom. The van der Waals surface area contributed by atoms with E-state index in [0.29, 0.717) is 5.57 Å². The summed E-state index contributed by atoms with van der Waals surface area (Å²) in [6.45, 7) is 9.91. The molecule has 1 aliphatic heterocycles. The number of ether oxygens (including phenoxy) is 1. The van der Waals surface area contributed by atoms with Crippen molar-refractivity contribution >= 4 is 0 Å². The number of hydrogen-bond acceptors (Lipinski definition) is 5. The Morgan fingerprint density at radius 2 is 2.09 bits per heavy atom. The number of aliphatic hydroxyl groups excluding tert-OH is 1. The predicted octanol–water partition coefficient (Wildman–Crippen LogP) is 1.25. The molecule has 0 bridgehead atoms. The molecular formula is C17H33N3O2. The van der Waals surface area contributed by atoms with E-state index in [0.717, 1.165) is 39.0 Å². The Bertz CT molecular complexity index is 335. The monoisotopic (exact) mass is 311 g/mol. The van der Waals surface area contributed by atoms with Crippen LogP contribution in [-0.2, 0) is 4.74 Å². The van der Waals surface area contributed by atoms with E-state index in [1.807, 2.05) is 0 Å². The third-order valence-electron chi connectivity index (χ3n) is 4.34. The highest BCUT2D eigenvalue weighted by atomic mass is 16.5. The minimum Gasteiger partial charge on any atom is -0.380 e. The van der Waals surface area contributed by atoms with E-state index in [1.165, 1.54) is 12.8 Å². The van der Waals surface area contributed by atoms with Crippen molar-refractivity contribution in [1.82, 2.24) is 10.2 Å². The van der Waals surface area contributed by atoms with Crippen LogP contribution in [0.25, 0.3) is 0 Å². The molecule has 0 aromatic carbocycles. The van der Waals surface area contributed by atoms with Gasteiger partial charge >= 0.3 is 0 Å². The van der Waals surface area contributed by atoms with Crippen LogP contribution in [0.4, 0.5) is 0 Å². The molecule has 0 aliphatic carbocycles. The van der Waals surface area contributed by atoms with Crippen molar-refractivity contribution < 1.29 is 9.84 Å². The van der Waals surface area contributed by atoms with Crippen LogP contribution < -0.4 is 11.1 Å².